The molecule has 0 spiro atoms. The number of carbonyl (C=O) groups is 5. The first kappa shape index (κ1) is 57.9. The normalized spacial score (nSPS) is 33.8. The summed E-state index contributed by atoms with van der Waals surface area (Å²) < 4.78 is 37.8. The van der Waals surface area contributed by atoms with Gasteiger partial charge in [0.1, 0.15) is 29.2 Å². The highest BCUT2D eigenvalue weighted by Crippen LogP contribution is 2.61. The van der Waals surface area contributed by atoms with Crippen LogP contribution in [0.2, 0.25) is 0 Å². The van der Waals surface area contributed by atoms with E-state index in [2.05, 4.69) is 39.8 Å². The average molecular weight is 1050 g/mol. The van der Waals surface area contributed by atoms with Crippen LogP contribution in [0.15, 0.2) is 104 Å². The van der Waals surface area contributed by atoms with E-state index in [4.69, 9.17) is 33.2 Å². The first-order valence-electron chi connectivity index (χ1n) is 27.5. The van der Waals surface area contributed by atoms with E-state index in [1.165, 1.54) is 44.1 Å². The minimum Gasteiger partial charge on any atom is -0.465 e. The van der Waals surface area contributed by atoms with Crippen LogP contribution in [-0.2, 0) is 52.4 Å². The lowest BCUT2D eigenvalue weighted by atomic mass is 9.50. The molecule has 0 radical (unpaired) electrons. The molecule has 1 aliphatic heterocycles. The fourth-order valence-electron chi connectivity index (χ4n) is 14.4. The summed E-state index contributed by atoms with van der Waals surface area (Å²) in [5.41, 5.74) is 2.07. The van der Waals surface area contributed by atoms with Gasteiger partial charge in [0.15, 0.2) is 12.9 Å². The molecule has 0 aromatic heterocycles. The summed E-state index contributed by atoms with van der Waals surface area (Å²) in [4.78, 5) is 58.0. The quantitative estimate of drug-likeness (QED) is 0.0821. The van der Waals surface area contributed by atoms with Gasteiger partial charge >= 0.3 is 29.8 Å². The zero-order chi connectivity index (χ0) is 55.1. The van der Waals surface area contributed by atoms with E-state index in [1.54, 1.807) is 26.8 Å². The minimum atomic E-state index is -0.570. The third kappa shape index (κ3) is 14.0. The summed E-state index contributed by atoms with van der Waals surface area (Å²) in [5, 5.41) is 10.5. The Hall–Kier alpha value is -5.79. The van der Waals surface area contributed by atoms with Gasteiger partial charge < -0.3 is 38.3 Å². The number of hydrogen-bond acceptors (Lipinski definition) is 13. The second-order valence-electron chi connectivity index (χ2n) is 23.4. The van der Waals surface area contributed by atoms with Crippen LogP contribution in [0.25, 0.3) is 12.2 Å². The number of ether oxygens (including phenoxy) is 7. The highest BCUT2D eigenvalue weighted by atomic mass is 16.7. The SMILES string of the molecule is C=C(C)C(=O)OC12CC3CC(CC(O)(C3)C1)C2.C=C(C)C(=O)OC1C2CC3C(=O)OC1C3C2.C=C(C)C(=O)OCC(=O)OC1(C)C2CC3CC(C2)CC1C3.C=Cc1ccc(OC(C)OCC)cc1.C=Cc1ccccc1. The smallest absolute Gasteiger partial charge is 0.344 e. The summed E-state index contributed by atoms with van der Waals surface area (Å²) >= 11 is 0. The Labute approximate surface area is 450 Å². The lowest BCUT2D eigenvalue weighted by Crippen LogP contribution is -2.60. The summed E-state index contributed by atoms with van der Waals surface area (Å²) in [6.45, 7) is 29.1. The molecule has 1 saturated heterocycles. The number of esters is 5. The molecule has 13 nitrogen and oxygen atoms in total. The van der Waals surface area contributed by atoms with Crippen molar-refractivity contribution < 1.29 is 62.2 Å². The van der Waals surface area contributed by atoms with Crippen molar-refractivity contribution >= 4 is 42.0 Å². The molecule has 10 bridgehead atoms. The van der Waals surface area contributed by atoms with E-state index in [9.17, 15) is 29.1 Å². The number of fused-ring (bicyclic) bond motifs is 1. The second-order valence-corrected chi connectivity index (χ2v) is 23.4. The van der Waals surface area contributed by atoms with Crippen molar-refractivity contribution in [2.24, 2.45) is 53.3 Å². The Balaban J connectivity index is 0.000000142. The predicted molar refractivity (Wildman–Crippen MR) is 290 cm³/mol. The maximum absolute atomic E-state index is 12.0. The predicted octanol–water partition coefficient (Wildman–Crippen LogP) is 11.5. The Morgan fingerprint density at radius 1 is 0.724 bits per heavy atom. The van der Waals surface area contributed by atoms with Gasteiger partial charge in [-0.1, -0.05) is 87.5 Å². The van der Waals surface area contributed by atoms with Crippen molar-refractivity contribution in [3.8, 4) is 5.75 Å². The van der Waals surface area contributed by atoms with Crippen LogP contribution in [0.4, 0.5) is 0 Å². The van der Waals surface area contributed by atoms with Crippen molar-refractivity contribution in [2.75, 3.05) is 13.2 Å². The lowest BCUT2D eigenvalue weighted by Gasteiger charge is -2.59. The van der Waals surface area contributed by atoms with E-state index < -0.39 is 23.1 Å². The molecule has 8 unspecified atom stereocenters. The highest BCUT2D eigenvalue weighted by molar-refractivity contribution is 5.89. The van der Waals surface area contributed by atoms with Crippen molar-refractivity contribution in [2.45, 2.75) is 160 Å². The molecule has 1 N–H and O–H groups in total. The van der Waals surface area contributed by atoms with Crippen LogP contribution in [0.1, 0.15) is 136 Å². The van der Waals surface area contributed by atoms with Crippen molar-refractivity contribution in [1.82, 2.24) is 0 Å². The Morgan fingerprint density at radius 3 is 1.79 bits per heavy atom. The van der Waals surface area contributed by atoms with Gasteiger partial charge in [0.05, 0.1) is 11.5 Å². The van der Waals surface area contributed by atoms with Crippen LogP contribution in [0.3, 0.4) is 0 Å². The van der Waals surface area contributed by atoms with E-state index in [-0.39, 0.29) is 60.4 Å². The summed E-state index contributed by atoms with van der Waals surface area (Å²) in [5.74, 6) is 3.42. The monoisotopic (exact) mass is 1050 g/mol. The molecular formula is C63H82O13. The minimum absolute atomic E-state index is 0.0646. The Kier molecular flexibility index (Phi) is 18.8. The van der Waals surface area contributed by atoms with Crippen LogP contribution in [0.5, 0.6) is 5.75 Å². The van der Waals surface area contributed by atoms with Crippen LogP contribution in [0, 0.1) is 53.3 Å². The molecule has 10 aliphatic carbocycles. The molecule has 1 heterocycles. The number of rotatable bonds is 14. The van der Waals surface area contributed by atoms with Gasteiger partial charge in [-0.3, -0.25) is 4.79 Å². The maximum atomic E-state index is 12.0. The topological polar surface area (TPSA) is 170 Å². The average Bonchev–Trinajstić information content (AvgIpc) is 4.07. The maximum Gasteiger partial charge on any atom is 0.344 e. The van der Waals surface area contributed by atoms with E-state index in [1.807, 2.05) is 74.5 Å². The van der Waals surface area contributed by atoms with Crippen molar-refractivity contribution in [3.63, 3.8) is 0 Å². The first-order chi connectivity index (χ1) is 36.0. The van der Waals surface area contributed by atoms with E-state index in [0.29, 0.717) is 59.3 Å². The van der Waals surface area contributed by atoms with Crippen molar-refractivity contribution in [1.29, 1.82) is 0 Å². The largest absolute Gasteiger partial charge is 0.465 e. The zero-order valence-electron chi connectivity index (χ0n) is 45.8. The Morgan fingerprint density at radius 2 is 1.28 bits per heavy atom. The van der Waals surface area contributed by atoms with Gasteiger partial charge in [-0.15, -0.1) is 0 Å². The Bertz CT molecular complexity index is 2430. The van der Waals surface area contributed by atoms with Crippen LogP contribution >= 0.6 is 0 Å². The number of carbonyl (C=O) groups excluding carboxylic acids is 5. The second kappa shape index (κ2) is 24.7. The molecular weight excluding hydrogens is 965 g/mol. The highest BCUT2D eigenvalue weighted by Gasteiger charge is 2.63. The number of hydrogen-bond donors (Lipinski definition) is 1. The van der Waals surface area contributed by atoms with E-state index in [0.717, 1.165) is 61.7 Å². The number of aliphatic hydroxyl groups is 1. The van der Waals surface area contributed by atoms with Crippen molar-refractivity contribution in [3.05, 3.63) is 115 Å². The first-order valence-corrected chi connectivity index (χ1v) is 27.5. The van der Waals surface area contributed by atoms with Crippen LogP contribution < -0.4 is 4.74 Å². The molecule has 13 heteroatoms. The standard InChI is InChI=1S/C17H24O4.C14H20O3.C12H14O4.C12H16O2.C8H8/c1-10(2)16(19)20-9-15(18)21-17(3)13-5-11-4-12(7-13)8-14(17)6-11;1-9(2)12(15)17-14-6-10-3-11(7-14)5-13(16,4-10)8-14;1-5(2)11(13)15-9-6-3-7-8(4-6)12(14)16-10(7)9;1-4-11-6-8-12(9-7-11)14-10(3)13-5-2;1-2-8-6-4-3-5-7-8/h11-14H,1,4-9H2,2-3H3;10-11,16H,1,3-8H2,2H3;6-10H,1,3-4H2,2H3;4,6-10H,1,5H2,2-3H3;2-7H,1H2. The molecule has 10 saturated carbocycles. The molecule has 2 aromatic carbocycles. The summed E-state index contributed by atoms with van der Waals surface area (Å²) in [7, 11) is 0. The molecule has 11 fully saturated rings. The number of benzene rings is 2. The summed E-state index contributed by atoms with van der Waals surface area (Å²) in [6.07, 6.45) is 16.4. The molecule has 0 amide bonds. The zero-order valence-corrected chi connectivity index (χ0v) is 45.8. The molecule has 2 aromatic rings. The van der Waals surface area contributed by atoms with Gasteiger partial charge in [0, 0.05) is 41.6 Å². The third-order valence-electron chi connectivity index (χ3n) is 17.3. The molecule has 412 valence electrons. The lowest BCUT2D eigenvalue weighted by molar-refractivity contribution is -0.217. The molecule has 13 rings (SSSR count). The molecule has 8 atom stereocenters. The van der Waals surface area contributed by atoms with Gasteiger partial charge in [-0.2, -0.15) is 0 Å². The van der Waals surface area contributed by atoms with Gasteiger partial charge in [0.2, 0.25) is 0 Å². The third-order valence-corrected chi connectivity index (χ3v) is 17.3. The van der Waals surface area contributed by atoms with Gasteiger partial charge in [0.25, 0.3) is 0 Å². The fourth-order valence-corrected chi connectivity index (χ4v) is 14.4. The fraction of sp³-hybridized carbons (Fsp3) is 0.571. The van der Waals surface area contributed by atoms with Gasteiger partial charge in [-0.25, -0.2) is 19.2 Å². The van der Waals surface area contributed by atoms with E-state index >= 15 is 0 Å². The molecule has 76 heavy (non-hydrogen) atoms. The summed E-state index contributed by atoms with van der Waals surface area (Å²) in [6, 6.07) is 17.8. The van der Waals surface area contributed by atoms with Crippen LogP contribution in [-0.4, -0.2) is 83.5 Å². The van der Waals surface area contributed by atoms with Gasteiger partial charge in [-0.05, 0) is 177 Å². The molecule has 11 aliphatic rings.